The predicted octanol–water partition coefficient (Wildman–Crippen LogP) is 4.46. The molecule has 3 N–H and O–H groups in total. The van der Waals surface area contributed by atoms with Crippen LogP contribution in [0.15, 0.2) is 54.7 Å². The van der Waals surface area contributed by atoms with Crippen LogP contribution in [0.5, 0.6) is 0 Å². The van der Waals surface area contributed by atoms with Crippen LogP contribution < -0.4 is 10.6 Å². The molecule has 9 nitrogen and oxygen atoms in total. The zero-order valence-electron chi connectivity index (χ0n) is 26.6. The largest absolute Gasteiger partial charge is 0.439 e. The standard InChI is InChI=1S/C35H47ClN6O3/c1-25-8-9-27(22-31(25)36)23-33(26(2)39-17-11-29(12-18-39)41-16-5-15-37-24-41)45-35(44)40-19-13-30(14-20-40)42-21-10-28-6-3-4-7-32(28)38-34(42)43/h3-4,6-9,22,29-30,33,37H,2,5,10-21,23-24H2,1H3,(H,38,43)/p+1. The maximum Gasteiger partial charge on any atom is 0.410 e. The minimum Gasteiger partial charge on any atom is -0.439 e. The predicted molar refractivity (Wildman–Crippen MR) is 177 cm³/mol. The van der Waals surface area contributed by atoms with E-state index in [1.807, 2.05) is 42.2 Å². The third kappa shape index (κ3) is 7.59. The molecule has 6 rings (SSSR count). The summed E-state index contributed by atoms with van der Waals surface area (Å²) < 4.78 is 6.28. The minimum atomic E-state index is -0.483. The Morgan fingerprint density at radius 1 is 1.02 bits per heavy atom. The molecule has 1 unspecified atom stereocenters. The van der Waals surface area contributed by atoms with Gasteiger partial charge < -0.3 is 30.1 Å². The summed E-state index contributed by atoms with van der Waals surface area (Å²) in [5.41, 5.74) is 4.95. The number of quaternary nitrogens is 1. The lowest BCUT2D eigenvalue weighted by molar-refractivity contribution is -0.682. The van der Waals surface area contributed by atoms with Crippen molar-refractivity contribution >= 4 is 29.4 Å². The van der Waals surface area contributed by atoms with E-state index < -0.39 is 6.10 Å². The number of likely N-dealkylation sites (tertiary alicyclic amines) is 2. The van der Waals surface area contributed by atoms with Gasteiger partial charge in [-0.15, -0.1) is 0 Å². The number of ether oxygens (including phenoxy) is 1. The molecule has 0 aliphatic carbocycles. The zero-order valence-corrected chi connectivity index (χ0v) is 27.3. The second-order valence-electron chi connectivity index (χ2n) is 13.0. The number of urea groups is 1. The Balaban J connectivity index is 1.07. The highest BCUT2D eigenvalue weighted by Gasteiger charge is 2.34. The molecule has 4 aliphatic heterocycles. The number of fused-ring (bicyclic) bond motifs is 1. The number of nitrogens with two attached hydrogens (primary N) is 1. The number of piperidine rings is 2. The van der Waals surface area contributed by atoms with Gasteiger partial charge in [-0.2, -0.15) is 0 Å². The fourth-order valence-corrected chi connectivity index (χ4v) is 7.54. The summed E-state index contributed by atoms with van der Waals surface area (Å²) in [5.74, 6) is 0. The topological polar surface area (TPSA) is 85.0 Å². The molecule has 4 heterocycles. The first-order valence-corrected chi connectivity index (χ1v) is 17.1. The molecular formula is C35H48ClN6O3+. The quantitative estimate of drug-likeness (QED) is 0.470. The van der Waals surface area contributed by atoms with Crippen molar-refractivity contribution in [2.24, 2.45) is 0 Å². The van der Waals surface area contributed by atoms with Gasteiger partial charge in [-0.3, -0.25) is 4.90 Å². The second-order valence-corrected chi connectivity index (χ2v) is 13.5. The van der Waals surface area contributed by atoms with Crippen LogP contribution in [0.4, 0.5) is 15.3 Å². The Bertz CT molecular complexity index is 1360. The van der Waals surface area contributed by atoms with Crippen LogP contribution >= 0.6 is 11.6 Å². The summed E-state index contributed by atoms with van der Waals surface area (Å²) in [7, 11) is 0. The van der Waals surface area contributed by atoms with E-state index in [1.165, 1.54) is 19.5 Å². The van der Waals surface area contributed by atoms with Gasteiger partial charge in [0.25, 0.3) is 0 Å². The van der Waals surface area contributed by atoms with Crippen molar-refractivity contribution in [1.82, 2.24) is 19.6 Å². The third-order valence-electron chi connectivity index (χ3n) is 10.2. The highest BCUT2D eigenvalue weighted by molar-refractivity contribution is 6.31. The van der Waals surface area contributed by atoms with Crippen LogP contribution in [0.25, 0.3) is 0 Å². The average molecular weight is 636 g/mol. The molecule has 3 amide bonds. The molecule has 10 heteroatoms. The monoisotopic (exact) mass is 635 g/mol. The number of halogens is 1. The normalized spacial score (nSPS) is 21.1. The number of amides is 3. The van der Waals surface area contributed by atoms with Crippen molar-refractivity contribution in [1.29, 1.82) is 0 Å². The fourth-order valence-electron chi connectivity index (χ4n) is 7.34. The summed E-state index contributed by atoms with van der Waals surface area (Å²) in [5, 5.41) is 6.20. The molecule has 0 spiro atoms. The Labute approximate surface area is 272 Å². The maximum atomic E-state index is 13.6. The molecule has 4 aliphatic rings. The molecule has 0 bridgehead atoms. The molecular weight excluding hydrogens is 588 g/mol. The first-order valence-electron chi connectivity index (χ1n) is 16.7. The van der Waals surface area contributed by atoms with E-state index in [-0.39, 0.29) is 18.2 Å². The van der Waals surface area contributed by atoms with E-state index in [9.17, 15) is 9.59 Å². The van der Waals surface area contributed by atoms with Crippen molar-refractivity contribution in [3.63, 3.8) is 0 Å². The molecule has 45 heavy (non-hydrogen) atoms. The Morgan fingerprint density at radius 2 is 1.76 bits per heavy atom. The SMILES string of the molecule is C=C(C(Cc1ccc(C)c(Cl)c1)OC(=O)N1CCC(N2CCc3ccccc3NC2=O)CC1)N1CCC(N2CCC[NH2+]C2)CC1. The van der Waals surface area contributed by atoms with Gasteiger partial charge >= 0.3 is 12.1 Å². The average Bonchev–Trinajstić information content (AvgIpc) is 3.24. The number of anilines is 1. The number of carbonyl (C=O) groups is 2. The van der Waals surface area contributed by atoms with Gasteiger partial charge in [-0.25, -0.2) is 9.59 Å². The fraction of sp³-hybridized carbons (Fsp3) is 0.543. The maximum absolute atomic E-state index is 13.6. The van der Waals surface area contributed by atoms with Crippen LogP contribution in [0, 0.1) is 6.92 Å². The number of aryl methyl sites for hydroxylation is 1. The summed E-state index contributed by atoms with van der Waals surface area (Å²) >= 11 is 6.48. The number of carbonyl (C=O) groups excluding carboxylic acids is 2. The summed E-state index contributed by atoms with van der Waals surface area (Å²) in [4.78, 5) is 35.4. The van der Waals surface area contributed by atoms with Crippen molar-refractivity contribution in [3.05, 3.63) is 76.5 Å². The van der Waals surface area contributed by atoms with Crippen molar-refractivity contribution in [2.45, 2.75) is 70.1 Å². The highest BCUT2D eigenvalue weighted by atomic mass is 35.5. The highest BCUT2D eigenvalue weighted by Crippen LogP contribution is 2.28. The smallest absolute Gasteiger partial charge is 0.410 e. The first-order chi connectivity index (χ1) is 21.9. The van der Waals surface area contributed by atoms with Crippen LogP contribution in [-0.4, -0.2) is 102 Å². The Kier molecular flexibility index (Phi) is 10.2. The number of rotatable bonds is 7. The van der Waals surface area contributed by atoms with Crippen LogP contribution in [0.2, 0.25) is 5.02 Å². The number of benzene rings is 2. The van der Waals surface area contributed by atoms with Crippen LogP contribution in [0.1, 0.15) is 48.8 Å². The first kappa shape index (κ1) is 31.7. The number of hydrogen-bond donors (Lipinski definition) is 2. The van der Waals surface area contributed by atoms with Crippen LogP contribution in [0.3, 0.4) is 0 Å². The molecule has 0 aromatic heterocycles. The van der Waals surface area contributed by atoms with Crippen molar-refractivity contribution < 1.29 is 19.6 Å². The zero-order chi connectivity index (χ0) is 31.3. The third-order valence-corrected chi connectivity index (χ3v) is 10.6. The summed E-state index contributed by atoms with van der Waals surface area (Å²) in [6, 6.07) is 14.7. The number of nitrogens with zero attached hydrogens (tertiary/aromatic N) is 4. The molecule has 3 fully saturated rings. The molecule has 0 saturated carbocycles. The molecule has 0 radical (unpaired) electrons. The summed E-state index contributed by atoms with van der Waals surface area (Å²) in [6.07, 6.45) is 5.42. The molecule has 2 aromatic carbocycles. The summed E-state index contributed by atoms with van der Waals surface area (Å²) in [6.45, 7) is 13.6. The van der Waals surface area contributed by atoms with E-state index in [1.54, 1.807) is 4.90 Å². The van der Waals surface area contributed by atoms with Crippen molar-refractivity contribution in [2.75, 3.05) is 57.8 Å². The van der Waals surface area contributed by atoms with Gasteiger partial charge in [0.1, 0.15) is 12.8 Å². The number of nitrogens with one attached hydrogen (secondary N) is 1. The van der Waals surface area contributed by atoms with E-state index >= 15 is 0 Å². The molecule has 242 valence electrons. The van der Waals surface area contributed by atoms with E-state index in [4.69, 9.17) is 16.3 Å². The Morgan fingerprint density at radius 3 is 2.49 bits per heavy atom. The van der Waals surface area contributed by atoms with Gasteiger partial charge in [0.05, 0.1) is 6.54 Å². The lowest BCUT2D eigenvalue weighted by Crippen LogP contribution is -2.90. The Hall–Kier alpha value is -3.27. The van der Waals surface area contributed by atoms with E-state index in [0.717, 1.165) is 79.9 Å². The lowest BCUT2D eigenvalue weighted by atomic mass is 9.99. The van der Waals surface area contributed by atoms with Gasteiger partial charge in [0.15, 0.2) is 0 Å². The van der Waals surface area contributed by atoms with Gasteiger partial charge in [-0.05, 0) is 67.9 Å². The minimum absolute atomic E-state index is 0.0590. The van der Waals surface area contributed by atoms with Gasteiger partial charge in [-0.1, -0.05) is 48.5 Å². The van der Waals surface area contributed by atoms with Gasteiger partial charge in [0.2, 0.25) is 0 Å². The second kappa shape index (κ2) is 14.4. The number of para-hydroxylation sites is 1. The van der Waals surface area contributed by atoms with E-state index in [2.05, 4.69) is 39.1 Å². The van der Waals surface area contributed by atoms with E-state index in [0.29, 0.717) is 37.1 Å². The molecule has 3 saturated heterocycles. The molecule has 1 atom stereocenters. The van der Waals surface area contributed by atoms with Crippen molar-refractivity contribution in [3.8, 4) is 0 Å². The molecule has 2 aromatic rings. The number of hydrogen-bond acceptors (Lipinski definition) is 5. The lowest BCUT2D eigenvalue weighted by Gasteiger charge is -2.42. The van der Waals surface area contributed by atoms with Gasteiger partial charge in [0, 0.05) is 80.6 Å². The van der Waals surface area contributed by atoms with Crippen LogP contribution in [-0.2, 0) is 17.6 Å².